The summed E-state index contributed by atoms with van der Waals surface area (Å²) in [6.45, 7) is 0. The SMILES string of the molecule is O=C(NC(=Cc1ccc([N+](=O)[O-])cc1)[P+](c1ccccc1)(c1ccccc1)c1ccccc1)c1ccccc1.[Cl-]. The van der Waals surface area contributed by atoms with Crippen molar-refractivity contribution in [3.63, 3.8) is 0 Å². The molecule has 7 heteroatoms. The third-order valence-corrected chi connectivity index (χ3v) is 10.7. The second-order valence-corrected chi connectivity index (χ2v) is 12.2. The van der Waals surface area contributed by atoms with Gasteiger partial charge < -0.3 is 12.4 Å². The number of rotatable bonds is 8. The Morgan fingerprint density at radius 1 is 0.625 bits per heavy atom. The number of hydrogen-bond donors (Lipinski definition) is 1. The lowest BCUT2D eigenvalue weighted by molar-refractivity contribution is -0.384. The van der Waals surface area contributed by atoms with Crippen molar-refractivity contribution in [2.24, 2.45) is 0 Å². The summed E-state index contributed by atoms with van der Waals surface area (Å²) >= 11 is 0. The normalized spacial score (nSPS) is 11.2. The maximum absolute atomic E-state index is 13.7. The van der Waals surface area contributed by atoms with Crippen molar-refractivity contribution in [2.45, 2.75) is 0 Å². The Hall–Kier alpha value is -4.57. The summed E-state index contributed by atoms with van der Waals surface area (Å²) in [5.74, 6) is -0.226. The number of hydrogen-bond acceptors (Lipinski definition) is 3. The lowest BCUT2D eigenvalue weighted by Gasteiger charge is -2.29. The molecule has 0 saturated heterocycles. The summed E-state index contributed by atoms with van der Waals surface area (Å²) in [5.41, 5.74) is 2.03. The van der Waals surface area contributed by atoms with Crippen molar-refractivity contribution < 1.29 is 22.1 Å². The number of non-ortho nitro benzene ring substituents is 1. The van der Waals surface area contributed by atoms with Crippen molar-refractivity contribution in [2.75, 3.05) is 0 Å². The predicted octanol–water partition coefficient (Wildman–Crippen LogP) is 3.32. The Balaban J connectivity index is 0.00000370. The summed E-state index contributed by atoms with van der Waals surface area (Å²) in [4.78, 5) is 24.6. The first-order chi connectivity index (χ1) is 19.1. The van der Waals surface area contributed by atoms with E-state index in [4.69, 9.17) is 0 Å². The molecule has 0 aliphatic rings. The summed E-state index contributed by atoms with van der Waals surface area (Å²) in [5, 5.41) is 17.8. The number of nitro groups is 1. The van der Waals surface area contributed by atoms with Gasteiger partial charge >= 0.3 is 0 Å². The van der Waals surface area contributed by atoms with Gasteiger partial charge in [-0.15, -0.1) is 0 Å². The maximum atomic E-state index is 13.7. The van der Waals surface area contributed by atoms with Crippen molar-refractivity contribution in [1.29, 1.82) is 0 Å². The zero-order chi connectivity index (χ0) is 27.1. The zero-order valence-corrected chi connectivity index (χ0v) is 23.1. The van der Waals surface area contributed by atoms with Crippen molar-refractivity contribution in [3.05, 3.63) is 172 Å². The lowest BCUT2D eigenvalue weighted by Crippen LogP contribution is -3.00. The smallest absolute Gasteiger partial charge is 0.269 e. The number of nitro benzene ring substituents is 1. The van der Waals surface area contributed by atoms with Crippen LogP contribution in [0.1, 0.15) is 15.9 Å². The molecule has 0 aromatic heterocycles. The van der Waals surface area contributed by atoms with Crippen molar-refractivity contribution in [1.82, 2.24) is 5.32 Å². The summed E-state index contributed by atoms with van der Waals surface area (Å²) in [6, 6.07) is 46.1. The largest absolute Gasteiger partial charge is 1.00 e. The molecule has 5 aromatic carbocycles. The fraction of sp³-hybridized carbons (Fsp3) is 0. The molecule has 0 bridgehead atoms. The standard InChI is InChI=1S/C33H25N2O3P.ClH/c36-33(27-13-5-1-6-14-27)34-32(25-26-21-23-28(24-22-26)35(37)38)39(29-15-7-2-8-16-29,30-17-9-3-10-18-30)31-19-11-4-12-20-31;/h1-25H;1H. The van der Waals surface area contributed by atoms with Gasteiger partial charge in [0.05, 0.1) is 4.92 Å². The zero-order valence-electron chi connectivity index (χ0n) is 21.4. The second kappa shape index (κ2) is 13.0. The molecule has 0 fully saturated rings. The number of carbonyl (C=O) groups is 1. The monoisotopic (exact) mass is 564 g/mol. The molecule has 0 radical (unpaired) electrons. The van der Waals surface area contributed by atoms with Gasteiger partial charge in [0.25, 0.3) is 11.6 Å². The molecule has 1 amide bonds. The van der Waals surface area contributed by atoms with Crippen molar-refractivity contribution >= 4 is 40.8 Å². The van der Waals surface area contributed by atoms with Crippen LogP contribution in [0.15, 0.2) is 151 Å². The van der Waals surface area contributed by atoms with Gasteiger partial charge in [0.2, 0.25) is 0 Å². The quantitative estimate of drug-likeness (QED) is 0.179. The van der Waals surface area contributed by atoms with Crippen LogP contribution in [-0.2, 0) is 0 Å². The van der Waals surface area contributed by atoms with E-state index in [9.17, 15) is 14.9 Å². The fourth-order valence-electron chi connectivity index (χ4n) is 4.66. The molecule has 0 aliphatic heterocycles. The van der Waals surface area contributed by atoms with E-state index in [0.717, 1.165) is 26.9 Å². The number of carbonyl (C=O) groups excluding carboxylic acids is 1. The molecular formula is C33H26ClN2O3P. The molecule has 0 heterocycles. The number of nitrogens with zero attached hydrogens (tertiary/aromatic N) is 1. The Bertz CT molecular complexity index is 1500. The topological polar surface area (TPSA) is 72.2 Å². The van der Waals surface area contributed by atoms with Crippen LogP contribution in [0, 0.1) is 10.1 Å². The molecule has 0 spiro atoms. The van der Waals surface area contributed by atoms with E-state index in [1.54, 1.807) is 24.3 Å². The molecule has 198 valence electrons. The van der Waals surface area contributed by atoms with Gasteiger partial charge in [-0.3, -0.25) is 20.2 Å². The van der Waals surface area contributed by atoms with E-state index in [0.29, 0.717) is 5.56 Å². The van der Waals surface area contributed by atoms with E-state index < -0.39 is 12.2 Å². The van der Waals surface area contributed by atoms with Gasteiger partial charge in [0.15, 0.2) is 12.7 Å². The van der Waals surface area contributed by atoms with Crippen LogP contribution >= 0.6 is 7.26 Å². The van der Waals surface area contributed by atoms with E-state index in [-0.39, 0.29) is 24.0 Å². The minimum absolute atomic E-state index is 0. The van der Waals surface area contributed by atoms with E-state index >= 15 is 0 Å². The van der Waals surface area contributed by atoms with E-state index in [1.165, 1.54) is 12.1 Å². The maximum Gasteiger partial charge on any atom is 0.269 e. The number of benzene rings is 5. The Morgan fingerprint density at radius 2 is 1.02 bits per heavy atom. The highest BCUT2D eigenvalue weighted by Gasteiger charge is 2.50. The van der Waals surface area contributed by atoms with Crippen LogP contribution in [0.3, 0.4) is 0 Å². The minimum atomic E-state index is -2.64. The van der Waals surface area contributed by atoms with Gasteiger partial charge in [-0.1, -0.05) is 72.8 Å². The second-order valence-electron chi connectivity index (χ2n) is 8.88. The highest BCUT2D eigenvalue weighted by atomic mass is 35.5. The predicted molar refractivity (Wildman–Crippen MR) is 160 cm³/mol. The molecule has 40 heavy (non-hydrogen) atoms. The van der Waals surface area contributed by atoms with Gasteiger partial charge in [-0.25, -0.2) is 0 Å². The molecule has 5 rings (SSSR count). The van der Waals surface area contributed by atoms with Gasteiger partial charge in [-0.05, 0) is 66.2 Å². The molecule has 0 aliphatic carbocycles. The van der Waals surface area contributed by atoms with Gasteiger partial charge in [-0.2, -0.15) is 0 Å². The summed E-state index contributed by atoms with van der Waals surface area (Å²) < 4.78 is 0. The number of halogens is 1. The Morgan fingerprint density at radius 3 is 1.43 bits per heavy atom. The molecule has 0 saturated carbocycles. The molecule has 5 nitrogen and oxygen atoms in total. The minimum Gasteiger partial charge on any atom is -1.00 e. The van der Waals surface area contributed by atoms with Crippen LogP contribution in [0.4, 0.5) is 5.69 Å². The molecule has 0 unspecified atom stereocenters. The fourth-order valence-corrected chi connectivity index (χ4v) is 8.86. The highest BCUT2D eigenvalue weighted by Crippen LogP contribution is 2.61. The summed E-state index contributed by atoms with van der Waals surface area (Å²) in [6.07, 6.45) is 1.95. The molecule has 1 N–H and O–H groups in total. The molecule has 0 atom stereocenters. The average Bonchev–Trinajstić information content (AvgIpc) is 3.00. The van der Waals surface area contributed by atoms with Crippen LogP contribution in [0.25, 0.3) is 6.08 Å². The lowest BCUT2D eigenvalue weighted by atomic mass is 10.2. The third-order valence-electron chi connectivity index (χ3n) is 6.48. The Kier molecular flexibility index (Phi) is 9.23. The Labute approximate surface area is 240 Å². The van der Waals surface area contributed by atoms with E-state index in [2.05, 4.69) is 41.7 Å². The van der Waals surface area contributed by atoms with Crippen LogP contribution < -0.4 is 33.6 Å². The number of amides is 1. The molecular weight excluding hydrogens is 539 g/mol. The van der Waals surface area contributed by atoms with E-state index in [1.807, 2.05) is 78.9 Å². The van der Waals surface area contributed by atoms with Gasteiger partial charge in [0, 0.05) is 23.8 Å². The average molecular weight is 565 g/mol. The summed E-state index contributed by atoms with van der Waals surface area (Å²) in [7, 11) is -2.64. The number of nitrogens with one attached hydrogen (secondary N) is 1. The first-order valence-electron chi connectivity index (χ1n) is 12.5. The van der Waals surface area contributed by atoms with Crippen LogP contribution in [0.2, 0.25) is 0 Å². The highest BCUT2D eigenvalue weighted by molar-refractivity contribution is 7.99. The van der Waals surface area contributed by atoms with Gasteiger partial charge in [0.1, 0.15) is 15.9 Å². The third kappa shape index (κ3) is 5.86. The first kappa shape index (κ1) is 28.4. The van der Waals surface area contributed by atoms with Crippen LogP contribution in [0.5, 0.6) is 0 Å². The first-order valence-corrected chi connectivity index (χ1v) is 14.3. The van der Waals surface area contributed by atoms with Crippen LogP contribution in [-0.4, -0.2) is 10.8 Å². The van der Waals surface area contributed by atoms with Crippen molar-refractivity contribution in [3.8, 4) is 0 Å². The molecule has 5 aromatic rings.